The quantitative estimate of drug-likeness (QED) is 0.705. The van der Waals surface area contributed by atoms with E-state index in [1.165, 1.54) is 24.5 Å². The zero-order valence-electron chi connectivity index (χ0n) is 14.0. The molecule has 0 aliphatic carbocycles. The third-order valence-corrected chi connectivity index (χ3v) is 4.04. The number of carbonyl (C=O) groups is 1. The molecular weight excluding hydrogens is 359 g/mol. The highest BCUT2D eigenvalue weighted by Gasteiger charge is 2.14. The molecule has 0 atom stereocenters. The molecule has 134 valence electrons. The molecule has 0 bridgehead atoms. The number of hydrogen-bond acceptors (Lipinski definition) is 4. The highest BCUT2D eigenvalue weighted by atomic mass is 35.5. The van der Waals surface area contributed by atoms with Gasteiger partial charge in [-0.25, -0.2) is 9.37 Å². The Labute approximate surface area is 154 Å². The van der Waals surface area contributed by atoms with E-state index in [1.807, 2.05) is 24.3 Å². The molecule has 1 aromatic heterocycles. The summed E-state index contributed by atoms with van der Waals surface area (Å²) < 4.78 is 24.4. The van der Waals surface area contributed by atoms with Crippen LogP contribution in [-0.4, -0.2) is 24.5 Å². The van der Waals surface area contributed by atoms with Gasteiger partial charge in [0.1, 0.15) is 12.0 Å². The summed E-state index contributed by atoms with van der Waals surface area (Å²) in [5.74, 6) is -0.0230. The standard InChI is InChI=1S/C19H16ClFN2O3/c1-25-14-7-5-12(6-8-14)19-23-13(11-26-19)9-10-22-18(24)15-3-2-4-16(20)17(15)21/h2-8,11H,9-10H2,1H3,(H,22,24). The lowest BCUT2D eigenvalue weighted by Gasteiger charge is -2.05. The molecule has 0 aliphatic heterocycles. The number of nitrogens with one attached hydrogen (secondary N) is 1. The Kier molecular flexibility index (Phi) is 5.53. The van der Waals surface area contributed by atoms with E-state index < -0.39 is 11.7 Å². The maximum atomic E-state index is 13.8. The van der Waals surface area contributed by atoms with E-state index in [4.69, 9.17) is 20.8 Å². The maximum absolute atomic E-state index is 13.8. The van der Waals surface area contributed by atoms with Gasteiger partial charge in [-0.15, -0.1) is 0 Å². The van der Waals surface area contributed by atoms with Crippen LogP contribution in [0.15, 0.2) is 53.1 Å². The number of nitrogens with zero attached hydrogens (tertiary/aromatic N) is 1. The van der Waals surface area contributed by atoms with Gasteiger partial charge < -0.3 is 14.5 Å². The molecule has 0 fully saturated rings. The van der Waals surface area contributed by atoms with Crippen molar-refractivity contribution in [3.63, 3.8) is 0 Å². The van der Waals surface area contributed by atoms with Crippen LogP contribution in [0.1, 0.15) is 16.1 Å². The van der Waals surface area contributed by atoms with Crippen LogP contribution < -0.4 is 10.1 Å². The average Bonchev–Trinajstić information content (AvgIpc) is 3.13. The number of aromatic nitrogens is 1. The van der Waals surface area contributed by atoms with Gasteiger partial charge in [-0.05, 0) is 36.4 Å². The summed E-state index contributed by atoms with van der Waals surface area (Å²) in [6.45, 7) is 0.291. The maximum Gasteiger partial charge on any atom is 0.254 e. The van der Waals surface area contributed by atoms with E-state index >= 15 is 0 Å². The van der Waals surface area contributed by atoms with Crippen molar-refractivity contribution in [1.29, 1.82) is 0 Å². The van der Waals surface area contributed by atoms with Crippen molar-refractivity contribution in [2.24, 2.45) is 0 Å². The number of oxazole rings is 1. The third-order valence-electron chi connectivity index (χ3n) is 3.75. The topological polar surface area (TPSA) is 64.4 Å². The zero-order chi connectivity index (χ0) is 18.5. The SMILES string of the molecule is COc1ccc(-c2nc(CCNC(=O)c3cccc(Cl)c3F)co2)cc1. The van der Waals surface area contributed by atoms with Crippen molar-refractivity contribution in [2.75, 3.05) is 13.7 Å². The average molecular weight is 375 g/mol. The molecule has 26 heavy (non-hydrogen) atoms. The van der Waals surface area contributed by atoms with Crippen molar-refractivity contribution < 1.29 is 18.3 Å². The second-order valence-corrected chi connectivity index (χ2v) is 5.89. The molecule has 0 saturated heterocycles. The predicted octanol–water partition coefficient (Wildman–Crippen LogP) is 4.12. The molecule has 0 unspecified atom stereocenters. The Morgan fingerprint density at radius 2 is 2.04 bits per heavy atom. The van der Waals surface area contributed by atoms with E-state index in [1.54, 1.807) is 7.11 Å². The number of benzene rings is 2. The van der Waals surface area contributed by atoms with Crippen LogP contribution in [0.5, 0.6) is 5.75 Å². The minimum Gasteiger partial charge on any atom is -0.497 e. The minimum absolute atomic E-state index is 0.0849. The Bertz CT molecular complexity index is 909. The Hall–Kier alpha value is -2.86. The van der Waals surface area contributed by atoms with Crippen molar-refractivity contribution in [1.82, 2.24) is 10.3 Å². The Morgan fingerprint density at radius 1 is 1.27 bits per heavy atom. The van der Waals surface area contributed by atoms with Gasteiger partial charge in [-0.3, -0.25) is 4.79 Å². The number of methoxy groups -OCH3 is 1. The molecule has 0 saturated carbocycles. The first-order chi connectivity index (χ1) is 12.6. The number of ether oxygens (including phenoxy) is 1. The lowest BCUT2D eigenvalue weighted by molar-refractivity contribution is 0.0950. The fraction of sp³-hybridized carbons (Fsp3) is 0.158. The first-order valence-electron chi connectivity index (χ1n) is 7.89. The van der Waals surface area contributed by atoms with E-state index in [2.05, 4.69) is 10.3 Å². The predicted molar refractivity (Wildman–Crippen MR) is 95.9 cm³/mol. The minimum atomic E-state index is -0.727. The van der Waals surface area contributed by atoms with Crippen LogP contribution >= 0.6 is 11.6 Å². The largest absolute Gasteiger partial charge is 0.497 e. The highest BCUT2D eigenvalue weighted by Crippen LogP contribution is 2.22. The summed E-state index contributed by atoms with van der Waals surface area (Å²) in [6.07, 6.45) is 1.99. The number of amides is 1. The van der Waals surface area contributed by atoms with Crippen LogP contribution in [0, 0.1) is 5.82 Å². The number of halogens is 2. The van der Waals surface area contributed by atoms with E-state index in [0.29, 0.717) is 24.6 Å². The van der Waals surface area contributed by atoms with Gasteiger partial charge >= 0.3 is 0 Å². The summed E-state index contributed by atoms with van der Waals surface area (Å²) in [5, 5.41) is 2.56. The van der Waals surface area contributed by atoms with Gasteiger partial charge in [0.25, 0.3) is 5.91 Å². The third kappa shape index (κ3) is 4.03. The molecular formula is C19H16ClFN2O3. The van der Waals surface area contributed by atoms with Crippen molar-refractivity contribution in [2.45, 2.75) is 6.42 Å². The summed E-state index contributed by atoms with van der Waals surface area (Å²) >= 11 is 5.68. The summed E-state index contributed by atoms with van der Waals surface area (Å²) in [7, 11) is 1.60. The molecule has 0 spiro atoms. The Morgan fingerprint density at radius 3 is 2.77 bits per heavy atom. The van der Waals surface area contributed by atoms with E-state index in [0.717, 1.165) is 11.3 Å². The van der Waals surface area contributed by atoms with Gasteiger partial charge in [0.05, 0.1) is 23.4 Å². The molecule has 1 amide bonds. The van der Waals surface area contributed by atoms with Gasteiger partial charge in [-0.1, -0.05) is 17.7 Å². The monoisotopic (exact) mass is 374 g/mol. The molecule has 3 aromatic rings. The van der Waals surface area contributed by atoms with Gasteiger partial charge in [0, 0.05) is 18.5 Å². The fourth-order valence-corrected chi connectivity index (χ4v) is 2.54. The van der Waals surface area contributed by atoms with Crippen LogP contribution in [-0.2, 0) is 6.42 Å². The van der Waals surface area contributed by atoms with Crippen LogP contribution in [0.3, 0.4) is 0 Å². The molecule has 7 heteroatoms. The molecule has 5 nitrogen and oxygen atoms in total. The number of hydrogen-bond donors (Lipinski definition) is 1. The zero-order valence-corrected chi connectivity index (χ0v) is 14.7. The molecule has 2 aromatic carbocycles. The van der Waals surface area contributed by atoms with Crippen LogP contribution in [0.2, 0.25) is 5.02 Å². The molecule has 1 heterocycles. The van der Waals surface area contributed by atoms with Crippen molar-refractivity contribution >= 4 is 17.5 Å². The van der Waals surface area contributed by atoms with E-state index in [-0.39, 0.29) is 10.6 Å². The molecule has 0 radical (unpaired) electrons. The lowest BCUT2D eigenvalue weighted by atomic mass is 10.2. The number of carbonyl (C=O) groups excluding carboxylic acids is 1. The highest BCUT2D eigenvalue weighted by molar-refractivity contribution is 6.31. The van der Waals surface area contributed by atoms with Crippen LogP contribution in [0.4, 0.5) is 4.39 Å². The fourth-order valence-electron chi connectivity index (χ4n) is 2.37. The summed E-state index contributed by atoms with van der Waals surface area (Å²) in [5.41, 5.74) is 1.42. The molecule has 1 N–H and O–H groups in total. The van der Waals surface area contributed by atoms with Crippen molar-refractivity contribution in [3.8, 4) is 17.2 Å². The van der Waals surface area contributed by atoms with E-state index in [9.17, 15) is 9.18 Å². The van der Waals surface area contributed by atoms with Gasteiger partial charge in [0.2, 0.25) is 5.89 Å². The summed E-state index contributed by atoms with van der Waals surface area (Å²) in [6, 6.07) is 11.6. The first kappa shape index (κ1) is 17.9. The summed E-state index contributed by atoms with van der Waals surface area (Å²) in [4.78, 5) is 16.4. The van der Waals surface area contributed by atoms with Gasteiger partial charge in [0.15, 0.2) is 5.82 Å². The Balaban J connectivity index is 1.58. The first-order valence-corrected chi connectivity index (χ1v) is 8.27. The van der Waals surface area contributed by atoms with Crippen LogP contribution in [0.25, 0.3) is 11.5 Å². The van der Waals surface area contributed by atoms with Crippen molar-refractivity contribution in [3.05, 3.63) is 70.8 Å². The molecule has 0 aliphatic rings. The van der Waals surface area contributed by atoms with Gasteiger partial charge in [-0.2, -0.15) is 0 Å². The normalized spacial score (nSPS) is 10.6. The second kappa shape index (κ2) is 8.01. The second-order valence-electron chi connectivity index (χ2n) is 5.48. The molecule has 3 rings (SSSR count). The lowest BCUT2D eigenvalue weighted by Crippen LogP contribution is -2.26. The smallest absolute Gasteiger partial charge is 0.254 e. The number of rotatable bonds is 6.